The fraction of sp³-hybridized carbons (Fsp3) is 0.333. The SMILES string of the molecule is C#CC1=CSP(C)(=O)C1. The first-order chi connectivity index (χ1) is 4.14. The van der Waals surface area contributed by atoms with Crippen LogP contribution in [0.15, 0.2) is 11.0 Å². The van der Waals surface area contributed by atoms with Crippen LogP contribution in [0.5, 0.6) is 0 Å². The van der Waals surface area contributed by atoms with E-state index in [1.165, 1.54) is 11.4 Å². The molecule has 0 aromatic heterocycles. The van der Waals surface area contributed by atoms with E-state index in [-0.39, 0.29) is 0 Å². The molecule has 0 fully saturated rings. The molecule has 1 rings (SSSR count). The van der Waals surface area contributed by atoms with Gasteiger partial charge in [-0.25, -0.2) is 0 Å². The van der Waals surface area contributed by atoms with Crippen LogP contribution in [0.2, 0.25) is 0 Å². The summed E-state index contributed by atoms with van der Waals surface area (Å²) in [6, 6.07) is 0. The minimum atomic E-state index is -1.93. The zero-order valence-corrected chi connectivity index (χ0v) is 6.84. The van der Waals surface area contributed by atoms with Crippen LogP contribution in [0.3, 0.4) is 0 Å². The Bertz CT molecular complexity index is 236. The average molecular weight is 158 g/mol. The predicted octanol–water partition coefficient (Wildman–Crippen LogP) is 2.16. The number of allylic oxidation sites excluding steroid dienone is 1. The third-order valence-electron chi connectivity index (χ3n) is 1.06. The Kier molecular flexibility index (Phi) is 1.75. The van der Waals surface area contributed by atoms with Crippen molar-refractivity contribution in [3.05, 3.63) is 11.0 Å². The highest BCUT2D eigenvalue weighted by molar-refractivity contribution is 8.59. The quantitative estimate of drug-likeness (QED) is 0.397. The van der Waals surface area contributed by atoms with Crippen LogP contribution >= 0.6 is 17.7 Å². The van der Waals surface area contributed by atoms with E-state index in [2.05, 4.69) is 5.92 Å². The summed E-state index contributed by atoms with van der Waals surface area (Å²) in [6.07, 6.45) is 3.77. The van der Waals surface area contributed by atoms with Crippen molar-refractivity contribution < 1.29 is 4.57 Å². The van der Waals surface area contributed by atoms with Crippen LogP contribution in [-0.4, -0.2) is 12.8 Å². The van der Waals surface area contributed by atoms with Crippen LogP contribution in [0, 0.1) is 12.3 Å². The van der Waals surface area contributed by atoms with Gasteiger partial charge in [0.25, 0.3) is 0 Å². The standard InChI is InChI=1S/C6H7OPS/c1-3-6-4-8(2,7)9-5-6/h1,5H,4H2,2H3. The van der Waals surface area contributed by atoms with Gasteiger partial charge in [0.1, 0.15) is 6.34 Å². The molecule has 0 saturated carbocycles. The number of hydrogen-bond donors (Lipinski definition) is 0. The molecule has 9 heavy (non-hydrogen) atoms. The molecule has 1 atom stereocenters. The maximum Gasteiger partial charge on any atom is 0.145 e. The highest BCUT2D eigenvalue weighted by Gasteiger charge is 2.22. The zero-order chi connectivity index (χ0) is 6.91. The monoisotopic (exact) mass is 158 g/mol. The summed E-state index contributed by atoms with van der Waals surface area (Å²) in [6.45, 7) is 1.76. The van der Waals surface area contributed by atoms with E-state index in [9.17, 15) is 4.57 Å². The van der Waals surface area contributed by atoms with Gasteiger partial charge in [0, 0.05) is 11.7 Å². The highest BCUT2D eigenvalue weighted by atomic mass is 32.7. The molecule has 0 bridgehead atoms. The van der Waals surface area contributed by atoms with Gasteiger partial charge in [-0.15, -0.1) is 6.42 Å². The van der Waals surface area contributed by atoms with Crippen molar-refractivity contribution in [2.45, 2.75) is 0 Å². The molecule has 1 aliphatic rings. The fourth-order valence-corrected chi connectivity index (χ4v) is 3.83. The Morgan fingerprint density at radius 2 is 2.67 bits per heavy atom. The van der Waals surface area contributed by atoms with Crippen LogP contribution in [0.1, 0.15) is 0 Å². The van der Waals surface area contributed by atoms with Crippen molar-refractivity contribution in [1.29, 1.82) is 0 Å². The maximum atomic E-state index is 11.2. The molecule has 1 nitrogen and oxygen atoms in total. The predicted molar refractivity (Wildman–Crippen MR) is 42.9 cm³/mol. The summed E-state index contributed by atoms with van der Waals surface area (Å²) in [5, 5.41) is 1.82. The molecule has 0 aromatic carbocycles. The van der Waals surface area contributed by atoms with E-state index < -0.39 is 6.34 Å². The number of hydrogen-bond acceptors (Lipinski definition) is 2. The van der Waals surface area contributed by atoms with E-state index in [1.54, 1.807) is 6.66 Å². The van der Waals surface area contributed by atoms with E-state index in [0.29, 0.717) is 6.16 Å². The normalized spacial score (nSPS) is 33.6. The van der Waals surface area contributed by atoms with Gasteiger partial charge in [-0.1, -0.05) is 17.3 Å². The van der Waals surface area contributed by atoms with Gasteiger partial charge in [0.2, 0.25) is 0 Å². The molecule has 0 saturated heterocycles. The lowest BCUT2D eigenvalue weighted by Crippen LogP contribution is -1.78. The molecule has 0 amide bonds. The molecule has 48 valence electrons. The Morgan fingerprint density at radius 1 is 2.00 bits per heavy atom. The first-order valence-corrected chi connectivity index (χ1v) is 6.37. The third kappa shape index (κ3) is 1.64. The summed E-state index contributed by atoms with van der Waals surface area (Å²) in [4.78, 5) is 0. The van der Waals surface area contributed by atoms with Gasteiger partial charge in [-0.05, 0) is 12.1 Å². The summed E-state index contributed by atoms with van der Waals surface area (Å²) >= 11 is 1.38. The molecule has 3 heteroatoms. The molecule has 1 unspecified atom stereocenters. The smallest absolute Gasteiger partial charge is 0.145 e. The molecule has 1 heterocycles. The molecule has 1 aliphatic heterocycles. The Hall–Kier alpha value is -0.120. The lowest BCUT2D eigenvalue weighted by atomic mass is 10.4. The maximum absolute atomic E-state index is 11.2. The molecule has 0 aliphatic carbocycles. The van der Waals surface area contributed by atoms with Crippen LogP contribution < -0.4 is 0 Å². The molecule has 0 spiro atoms. The Morgan fingerprint density at radius 3 is 2.89 bits per heavy atom. The molecular weight excluding hydrogens is 151 g/mol. The summed E-state index contributed by atoms with van der Waals surface area (Å²) in [5.74, 6) is 2.49. The van der Waals surface area contributed by atoms with Crippen molar-refractivity contribution in [2.75, 3.05) is 12.8 Å². The first-order valence-electron chi connectivity index (χ1n) is 2.55. The molecular formula is C6H7OPS. The molecule has 0 radical (unpaired) electrons. The minimum Gasteiger partial charge on any atom is -0.312 e. The van der Waals surface area contributed by atoms with Crippen molar-refractivity contribution in [1.82, 2.24) is 0 Å². The van der Waals surface area contributed by atoms with Crippen molar-refractivity contribution in [3.8, 4) is 12.3 Å². The second-order valence-electron chi connectivity index (χ2n) is 2.07. The van der Waals surface area contributed by atoms with E-state index >= 15 is 0 Å². The van der Waals surface area contributed by atoms with Gasteiger partial charge in [-0.2, -0.15) is 0 Å². The second kappa shape index (κ2) is 2.25. The Balaban J connectivity index is 2.74. The summed E-state index contributed by atoms with van der Waals surface area (Å²) < 4.78 is 11.2. The summed E-state index contributed by atoms with van der Waals surface area (Å²) in [7, 11) is 0. The van der Waals surface area contributed by atoms with Crippen molar-refractivity contribution in [2.24, 2.45) is 0 Å². The summed E-state index contributed by atoms with van der Waals surface area (Å²) in [5.41, 5.74) is 0.880. The minimum absolute atomic E-state index is 0.605. The zero-order valence-electron chi connectivity index (χ0n) is 5.13. The second-order valence-corrected chi connectivity index (χ2v) is 7.81. The van der Waals surface area contributed by atoms with E-state index in [0.717, 1.165) is 5.57 Å². The lowest BCUT2D eigenvalue weighted by molar-refractivity contribution is 0.590. The third-order valence-corrected chi connectivity index (χ3v) is 4.85. The van der Waals surface area contributed by atoms with E-state index in [4.69, 9.17) is 6.42 Å². The topological polar surface area (TPSA) is 17.1 Å². The van der Waals surface area contributed by atoms with Crippen LogP contribution in [0.4, 0.5) is 0 Å². The average Bonchev–Trinajstić information content (AvgIpc) is 2.10. The van der Waals surface area contributed by atoms with Gasteiger partial charge >= 0.3 is 0 Å². The van der Waals surface area contributed by atoms with Crippen molar-refractivity contribution in [3.63, 3.8) is 0 Å². The number of rotatable bonds is 0. The van der Waals surface area contributed by atoms with Gasteiger partial charge in [0.05, 0.1) is 0 Å². The number of terminal acetylenes is 1. The Labute approximate surface area is 59.0 Å². The fourth-order valence-electron chi connectivity index (χ4n) is 0.639. The van der Waals surface area contributed by atoms with Gasteiger partial charge in [-0.3, -0.25) is 0 Å². The van der Waals surface area contributed by atoms with Gasteiger partial charge < -0.3 is 4.57 Å². The van der Waals surface area contributed by atoms with Crippen LogP contribution in [0.25, 0.3) is 0 Å². The largest absolute Gasteiger partial charge is 0.312 e. The molecule has 0 N–H and O–H groups in total. The first kappa shape index (κ1) is 6.99. The van der Waals surface area contributed by atoms with Crippen LogP contribution in [-0.2, 0) is 4.57 Å². The lowest BCUT2D eigenvalue weighted by Gasteiger charge is -1.97. The molecule has 0 aromatic rings. The van der Waals surface area contributed by atoms with E-state index in [1.807, 2.05) is 5.41 Å². The highest BCUT2D eigenvalue weighted by Crippen LogP contribution is 2.61. The van der Waals surface area contributed by atoms with Gasteiger partial charge in [0.15, 0.2) is 0 Å². The van der Waals surface area contributed by atoms with Crippen molar-refractivity contribution >= 4 is 17.7 Å².